The number of likely N-dealkylation sites (tertiary alicyclic amines) is 1. The van der Waals surface area contributed by atoms with E-state index < -0.39 is 11.9 Å². The second kappa shape index (κ2) is 18.1. The summed E-state index contributed by atoms with van der Waals surface area (Å²) in [4.78, 5) is 62.5. The number of nitrogens with zero attached hydrogens (tertiary/aromatic N) is 5. The molecule has 8 rings (SSSR count). The molecule has 1 aliphatic carbocycles. The molecule has 5 heterocycles. The number of anilines is 3. The van der Waals surface area contributed by atoms with Crippen molar-refractivity contribution in [3.8, 4) is 16.9 Å². The maximum Gasteiger partial charge on any atom is 0.255 e. The van der Waals surface area contributed by atoms with E-state index in [2.05, 4.69) is 41.0 Å². The lowest BCUT2D eigenvalue weighted by Crippen LogP contribution is -2.48. The third kappa shape index (κ3) is 9.78. The Kier molecular flexibility index (Phi) is 12.3. The predicted molar refractivity (Wildman–Crippen MR) is 221 cm³/mol. The van der Waals surface area contributed by atoms with Crippen LogP contribution >= 0.6 is 0 Å². The molecule has 1 saturated carbocycles. The van der Waals surface area contributed by atoms with Gasteiger partial charge in [-0.2, -0.15) is 0 Å². The smallest absolute Gasteiger partial charge is 0.255 e. The Hall–Kier alpha value is -5.70. The van der Waals surface area contributed by atoms with E-state index in [4.69, 9.17) is 0 Å². The number of hydrogen-bond acceptors (Lipinski definition) is 10. The number of amides is 3. The van der Waals surface area contributed by atoms with Crippen LogP contribution < -0.4 is 31.7 Å². The van der Waals surface area contributed by atoms with Crippen molar-refractivity contribution in [3.63, 3.8) is 0 Å². The average Bonchev–Trinajstić information content (AvgIpc) is 3.24. The number of rotatable bonds is 11. The van der Waals surface area contributed by atoms with Crippen molar-refractivity contribution in [2.75, 3.05) is 48.3 Å². The Morgan fingerprint density at radius 3 is 2.34 bits per heavy atom. The van der Waals surface area contributed by atoms with Gasteiger partial charge in [-0.3, -0.25) is 29.1 Å². The largest absolute Gasteiger partial charge is 0.374 e. The molecule has 2 aromatic carbocycles. The van der Waals surface area contributed by atoms with Crippen LogP contribution in [0.1, 0.15) is 64.2 Å². The number of pyridine rings is 1. The van der Waals surface area contributed by atoms with Crippen LogP contribution in [0.15, 0.2) is 77.9 Å². The number of halogens is 2. The van der Waals surface area contributed by atoms with Crippen LogP contribution in [-0.2, 0) is 14.4 Å². The lowest BCUT2D eigenvalue weighted by Gasteiger charge is -2.39. The molecular weight excluding hydrogens is 757 g/mol. The van der Waals surface area contributed by atoms with Crippen LogP contribution in [0.5, 0.6) is 0 Å². The molecule has 1 unspecified atom stereocenters. The highest BCUT2D eigenvalue weighted by atomic mass is 19.1. The second-order valence-corrected chi connectivity index (χ2v) is 16.4. The van der Waals surface area contributed by atoms with E-state index in [0.717, 1.165) is 90.3 Å². The number of imide groups is 1. The van der Waals surface area contributed by atoms with Gasteiger partial charge in [0.15, 0.2) is 5.82 Å². The summed E-state index contributed by atoms with van der Waals surface area (Å²) in [5.41, 5.74) is 2.20. The van der Waals surface area contributed by atoms with Crippen molar-refractivity contribution in [1.82, 2.24) is 30.1 Å². The van der Waals surface area contributed by atoms with Gasteiger partial charge in [-0.15, -0.1) is 0 Å². The molecule has 1 atom stereocenters. The fourth-order valence-corrected chi connectivity index (χ4v) is 8.95. The van der Waals surface area contributed by atoms with E-state index in [1.807, 2.05) is 0 Å². The van der Waals surface area contributed by atoms with Gasteiger partial charge in [0.2, 0.25) is 23.7 Å². The van der Waals surface area contributed by atoms with Gasteiger partial charge in [-0.05, 0) is 100 Å². The van der Waals surface area contributed by atoms with Gasteiger partial charge >= 0.3 is 0 Å². The van der Waals surface area contributed by atoms with E-state index in [1.54, 1.807) is 54.7 Å². The molecular formula is C44H51F2N9O4. The SMILES string of the molecule is O=C1CCC(Nc2ccc(N3CCC(CN4CCC(NC(=O)C5CCC(Nc6ncc(F)c(-c7cccc(-n8ccccc8=O)c7)n6)CC5)CC4)CC3)c(F)c2)C(=O)N1. The van der Waals surface area contributed by atoms with Crippen LogP contribution in [0.3, 0.4) is 0 Å². The first-order valence-corrected chi connectivity index (χ1v) is 20.9. The third-order valence-electron chi connectivity index (χ3n) is 12.3. The number of benzene rings is 2. The van der Waals surface area contributed by atoms with Crippen molar-refractivity contribution in [3.05, 3.63) is 95.0 Å². The van der Waals surface area contributed by atoms with Crippen molar-refractivity contribution in [2.45, 2.75) is 82.3 Å². The van der Waals surface area contributed by atoms with E-state index in [0.29, 0.717) is 40.9 Å². The van der Waals surface area contributed by atoms with Crippen molar-refractivity contribution in [1.29, 1.82) is 0 Å². The molecule has 3 amide bonds. The molecule has 4 aliphatic rings. The zero-order valence-electron chi connectivity index (χ0n) is 33.0. The molecule has 3 aliphatic heterocycles. The Labute approximate surface area is 342 Å². The van der Waals surface area contributed by atoms with Gasteiger partial charge < -0.3 is 25.8 Å². The zero-order valence-corrected chi connectivity index (χ0v) is 33.0. The van der Waals surface area contributed by atoms with Crippen LogP contribution in [0.4, 0.5) is 26.1 Å². The van der Waals surface area contributed by atoms with Gasteiger partial charge in [-0.1, -0.05) is 18.2 Å². The minimum Gasteiger partial charge on any atom is -0.374 e. The quantitative estimate of drug-likeness (QED) is 0.148. The maximum absolute atomic E-state index is 15.2. The molecule has 0 bridgehead atoms. The zero-order chi connectivity index (χ0) is 40.9. The summed E-state index contributed by atoms with van der Waals surface area (Å²) in [5, 5.41) is 12.1. The van der Waals surface area contributed by atoms with Crippen molar-refractivity contribution in [2.24, 2.45) is 11.8 Å². The summed E-state index contributed by atoms with van der Waals surface area (Å²) in [6.07, 6.45) is 10.3. The number of nitrogens with one attached hydrogen (secondary N) is 4. The summed E-state index contributed by atoms with van der Waals surface area (Å²) in [6.45, 7) is 4.43. The molecule has 0 spiro atoms. The molecule has 13 nitrogen and oxygen atoms in total. The monoisotopic (exact) mass is 807 g/mol. The Bertz CT molecular complexity index is 2210. The second-order valence-electron chi connectivity index (χ2n) is 16.4. The highest BCUT2D eigenvalue weighted by Gasteiger charge is 2.31. The van der Waals surface area contributed by atoms with E-state index in [-0.39, 0.29) is 59.2 Å². The Morgan fingerprint density at radius 2 is 1.59 bits per heavy atom. The molecule has 4 fully saturated rings. The first-order chi connectivity index (χ1) is 28.6. The number of carbonyl (C=O) groups is 3. The van der Waals surface area contributed by atoms with Gasteiger partial charge in [0.25, 0.3) is 5.56 Å². The summed E-state index contributed by atoms with van der Waals surface area (Å²) in [7, 11) is 0. The summed E-state index contributed by atoms with van der Waals surface area (Å²) < 4.78 is 31.6. The van der Waals surface area contributed by atoms with Crippen molar-refractivity contribution >= 4 is 35.0 Å². The molecule has 15 heteroatoms. The van der Waals surface area contributed by atoms with E-state index in [1.165, 1.54) is 16.7 Å². The molecule has 59 heavy (non-hydrogen) atoms. The minimum absolute atomic E-state index is 0.0484. The summed E-state index contributed by atoms with van der Waals surface area (Å²) >= 11 is 0. The van der Waals surface area contributed by atoms with Crippen LogP contribution in [0.25, 0.3) is 16.9 Å². The molecule has 2 aromatic heterocycles. The van der Waals surface area contributed by atoms with Gasteiger partial charge in [0.05, 0.1) is 11.9 Å². The first-order valence-electron chi connectivity index (χ1n) is 20.9. The van der Waals surface area contributed by atoms with Gasteiger partial charge in [0.1, 0.15) is 17.6 Å². The summed E-state index contributed by atoms with van der Waals surface area (Å²) in [6, 6.07) is 16.6. The van der Waals surface area contributed by atoms with E-state index >= 15 is 4.39 Å². The number of piperidine rings is 3. The van der Waals surface area contributed by atoms with Crippen molar-refractivity contribution < 1.29 is 23.2 Å². The van der Waals surface area contributed by atoms with Crippen LogP contribution in [0, 0.1) is 23.5 Å². The lowest BCUT2D eigenvalue weighted by molar-refractivity contribution is -0.133. The summed E-state index contributed by atoms with van der Waals surface area (Å²) in [5.74, 6) is -0.611. The normalized spacial score (nSPS) is 22.1. The highest BCUT2D eigenvalue weighted by Crippen LogP contribution is 2.31. The lowest BCUT2D eigenvalue weighted by atomic mass is 9.85. The standard InChI is InChI=1S/C44H51F2N9O4/c45-35-25-33(48-37-12-14-39(56)51-43(37)59)11-13-38(35)54-22-15-28(16-23-54)27-53-20-17-32(18-21-53)49-42(58)29-7-9-31(10-8-29)50-44-47-26-36(46)41(52-44)30-4-3-5-34(24-30)55-19-2-1-6-40(55)57/h1-6,11,13,19,24-26,28-29,31-32,37,48H,7-10,12,14-18,20-23,27H2,(H,49,58)(H,47,50,52)(H,51,56,59). The van der Waals surface area contributed by atoms with Gasteiger partial charge in [0, 0.05) is 86.3 Å². The number of aromatic nitrogens is 3. The Morgan fingerprint density at radius 1 is 0.797 bits per heavy atom. The molecule has 3 saturated heterocycles. The van der Waals surface area contributed by atoms with Crippen LogP contribution in [0.2, 0.25) is 0 Å². The number of hydrogen-bond donors (Lipinski definition) is 4. The fraction of sp³-hybridized carbons (Fsp3) is 0.455. The van der Waals surface area contributed by atoms with Crippen LogP contribution in [-0.4, -0.2) is 88.0 Å². The third-order valence-corrected chi connectivity index (χ3v) is 12.3. The molecule has 0 radical (unpaired) electrons. The maximum atomic E-state index is 15.2. The van der Waals surface area contributed by atoms with E-state index in [9.17, 15) is 23.6 Å². The Balaban J connectivity index is 0.743. The molecule has 310 valence electrons. The molecule has 4 N–H and O–H groups in total. The van der Waals surface area contributed by atoms with Gasteiger partial charge in [-0.25, -0.2) is 18.7 Å². The average molecular weight is 808 g/mol. The predicted octanol–water partition coefficient (Wildman–Crippen LogP) is 5.26. The number of carbonyl (C=O) groups excluding carboxylic acids is 3. The fourth-order valence-electron chi connectivity index (χ4n) is 8.95. The minimum atomic E-state index is -0.555. The topological polar surface area (TPSA) is 154 Å². The first kappa shape index (κ1) is 40.1. The highest BCUT2D eigenvalue weighted by molar-refractivity contribution is 6.01. The molecule has 4 aromatic rings.